The van der Waals surface area contributed by atoms with Crippen LogP contribution in [0.5, 0.6) is 11.5 Å². The van der Waals surface area contributed by atoms with Crippen LogP contribution >= 0.6 is 0 Å². The van der Waals surface area contributed by atoms with Gasteiger partial charge in [-0.3, -0.25) is 0 Å². The lowest BCUT2D eigenvalue weighted by Crippen LogP contribution is -2.34. The molecule has 0 atom stereocenters. The van der Waals surface area contributed by atoms with Crippen molar-refractivity contribution in [1.82, 2.24) is 15.0 Å². The molecule has 1 heterocycles. The first-order valence-corrected chi connectivity index (χ1v) is 8.80. The first kappa shape index (κ1) is 19.2. The number of aromatic nitrogens is 2. The topological polar surface area (TPSA) is 89.7 Å². The van der Waals surface area contributed by atoms with Crippen LogP contribution in [-0.4, -0.2) is 41.8 Å². The summed E-state index contributed by atoms with van der Waals surface area (Å²) in [6.07, 6.45) is 0. The summed E-state index contributed by atoms with van der Waals surface area (Å²) in [7, 11) is 3.14. The van der Waals surface area contributed by atoms with Crippen LogP contribution < -0.4 is 14.8 Å². The number of ether oxygens (including phenoxy) is 2. The van der Waals surface area contributed by atoms with E-state index in [9.17, 15) is 4.79 Å². The standard InChI is InChI=1S/C20H22N4O4/c1-4-24(20(25)21-15-8-6-5-7-9-15)13-18-22-19(23-28-18)14-10-11-16(26-2)17(12-14)27-3/h5-12H,4,13H2,1-3H3,(H,21,25). The van der Waals surface area contributed by atoms with Crippen LogP contribution in [0, 0.1) is 0 Å². The fraction of sp³-hybridized carbons (Fsp3) is 0.250. The van der Waals surface area contributed by atoms with Gasteiger partial charge in [0, 0.05) is 17.8 Å². The number of methoxy groups -OCH3 is 2. The van der Waals surface area contributed by atoms with Crippen molar-refractivity contribution in [2.45, 2.75) is 13.5 Å². The van der Waals surface area contributed by atoms with Crippen molar-refractivity contribution in [3.8, 4) is 22.9 Å². The van der Waals surface area contributed by atoms with Gasteiger partial charge >= 0.3 is 6.03 Å². The van der Waals surface area contributed by atoms with Crippen LogP contribution in [0.1, 0.15) is 12.8 Å². The predicted molar refractivity (Wildman–Crippen MR) is 104 cm³/mol. The molecule has 8 heteroatoms. The summed E-state index contributed by atoms with van der Waals surface area (Å²) in [6, 6.07) is 14.4. The molecule has 0 saturated carbocycles. The van der Waals surface area contributed by atoms with Crippen LogP contribution in [0.15, 0.2) is 53.1 Å². The molecule has 0 aliphatic carbocycles. The zero-order valence-electron chi connectivity index (χ0n) is 16.0. The van der Waals surface area contributed by atoms with Gasteiger partial charge in [-0.2, -0.15) is 4.98 Å². The van der Waals surface area contributed by atoms with Gasteiger partial charge in [0.25, 0.3) is 0 Å². The molecular formula is C20H22N4O4. The van der Waals surface area contributed by atoms with E-state index in [2.05, 4.69) is 15.5 Å². The second-order valence-corrected chi connectivity index (χ2v) is 5.89. The maximum atomic E-state index is 12.5. The lowest BCUT2D eigenvalue weighted by Gasteiger charge is -2.19. The Morgan fingerprint density at radius 2 is 1.86 bits per heavy atom. The van der Waals surface area contributed by atoms with Gasteiger partial charge in [0.05, 0.1) is 14.2 Å². The highest BCUT2D eigenvalue weighted by atomic mass is 16.5. The maximum Gasteiger partial charge on any atom is 0.322 e. The number of nitrogens with zero attached hydrogens (tertiary/aromatic N) is 3. The highest BCUT2D eigenvalue weighted by molar-refractivity contribution is 5.89. The minimum Gasteiger partial charge on any atom is -0.493 e. The van der Waals surface area contributed by atoms with Crippen LogP contribution in [0.4, 0.5) is 10.5 Å². The van der Waals surface area contributed by atoms with Crippen LogP contribution in [0.25, 0.3) is 11.4 Å². The number of urea groups is 1. The predicted octanol–water partition coefficient (Wildman–Crippen LogP) is 3.81. The molecule has 0 fully saturated rings. The molecule has 28 heavy (non-hydrogen) atoms. The van der Waals surface area contributed by atoms with E-state index < -0.39 is 0 Å². The molecule has 0 saturated heterocycles. The van der Waals surface area contributed by atoms with E-state index in [0.717, 1.165) is 11.3 Å². The van der Waals surface area contributed by atoms with E-state index >= 15 is 0 Å². The first-order chi connectivity index (χ1) is 13.6. The van der Waals surface area contributed by atoms with Crippen molar-refractivity contribution in [3.05, 3.63) is 54.4 Å². The van der Waals surface area contributed by atoms with Gasteiger partial charge in [0.2, 0.25) is 11.7 Å². The molecule has 1 N–H and O–H groups in total. The number of carbonyl (C=O) groups is 1. The van der Waals surface area contributed by atoms with Crippen molar-refractivity contribution in [1.29, 1.82) is 0 Å². The molecule has 3 rings (SSSR count). The number of benzene rings is 2. The number of hydrogen-bond donors (Lipinski definition) is 1. The second kappa shape index (κ2) is 8.90. The Kier molecular flexibility index (Phi) is 6.11. The lowest BCUT2D eigenvalue weighted by molar-refractivity contribution is 0.203. The van der Waals surface area contributed by atoms with E-state index in [-0.39, 0.29) is 12.6 Å². The number of nitrogens with one attached hydrogen (secondary N) is 1. The highest BCUT2D eigenvalue weighted by Gasteiger charge is 2.17. The van der Waals surface area contributed by atoms with Gasteiger partial charge in [-0.1, -0.05) is 23.4 Å². The number of carbonyl (C=O) groups excluding carboxylic acids is 1. The third-order valence-corrected chi connectivity index (χ3v) is 4.13. The molecule has 0 aliphatic rings. The van der Waals surface area contributed by atoms with E-state index in [0.29, 0.717) is 29.8 Å². The molecule has 0 unspecified atom stereocenters. The second-order valence-electron chi connectivity index (χ2n) is 5.89. The zero-order chi connectivity index (χ0) is 19.9. The van der Waals surface area contributed by atoms with E-state index in [1.807, 2.05) is 43.3 Å². The van der Waals surface area contributed by atoms with Crippen molar-refractivity contribution in [3.63, 3.8) is 0 Å². The van der Waals surface area contributed by atoms with Crippen molar-refractivity contribution in [2.75, 3.05) is 26.1 Å². The van der Waals surface area contributed by atoms with Crippen molar-refractivity contribution >= 4 is 11.7 Å². The molecule has 0 spiro atoms. The average molecular weight is 382 g/mol. The Morgan fingerprint density at radius 1 is 1.11 bits per heavy atom. The summed E-state index contributed by atoms with van der Waals surface area (Å²) in [5.74, 6) is 1.94. The molecule has 8 nitrogen and oxygen atoms in total. The summed E-state index contributed by atoms with van der Waals surface area (Å²) >= 11 is 0. The fourth-order valence-electron chi connectivity index (χ4n) is 2.63. The first-order valence-electron chi connectivity index (χ1n) is 8.80. The maximum absolute atomic E-state index is 12.5. The number of amides is 2. The van der Waals surface area contributed by atoms with E-state index in [1.165, 1.54) is 0 Å². The number of anilines is 1. The van der Waals surface area contributed by atoms with E-state index in [4.69, 9.17) is 14.0 Å². The van der Waals surface area contributed by atoms with E-state index in [1.54, 1.807) is 31.3 Å². The zero-order valence-corrected chi connectivity index (χ0v) is 16.0. The molecular weight excluding hydrogens is 360 g/mol. The summed E-state index contributed by atoms with van der Waals surface area (Å²) in [5.41, 5.74) is 1.45. The largest absolute Gasteiger partial charge is 0.493 e. The Morgan fingerprint density at radius 3 is 2.54 bits per heavy atom. The highest BCUT2D eigenvalue weighted by Crippen LogP contribution is 2.31. The van der Waals surface area contributed by atoms with Gasteiger partial charge in [0.1, 0.15) is 6.54 Å². The normalized spacial score (nSPS) is 10.4. The minimum atomic E-state index is -0.237. The summed E-state index contributed by atoms with van der Waals surface area (Å²) in [5, 5.41) is 6.85. The fourth-order valence-corrected chi connectivity index (χ4v) is 2.63. The molecule has 0 bridgehead atoms. The Balaban J connectivity index is 1.71. The molecule has 2 aromatic carbocycles. The van der Waals surface area contributed by atoms with Gasteiger partial charge in [-0.05, 0) is 37.3 Å². The Hall–Kier alpha value is -3.55. The molecule has 146 valence electrons. The van der Waals surface area contributed by atoms with Crippen molar-refractivity contribution < 1.29 is 18.8 Å². The molecule has 0 aliphatic heterocycles. The smallest absolute Gasteiger partial charge is 0.322 e. The number of rotatable bonds is 7. The Bertz CT molecular complexity index is 927. The summed E-state index contributed by atoms with van der Waals surface area (Å²) in [4.78, 5) is 18.4. The SMILES string of the molecule is CCN(Cc1nc(-c2ccc(OC)c(OC)c2)no1)C(=O)Nc1ccccc1. The summed E-state index contributed by atoms with van der Waals surface area (Å²) in [6.45, 7) is 2.58. The van der Waals surface area contributed by atoms with Gasteiger partial charge in [-0.25, -0.2) is 4.79 Å². The van der Waals surface area contributed by atoms with Crippen LogP contribution in [0.3, 0.4) is 0 Å². The van der Waals surface area contributed by atoms with Crippen molar-refractivity contribution in [2.24, 2.45) is 0 Å². The van der Waals surface area contributed by atoms with Crippen LogP contribution in [0.2, 0.25) is 0 Å². The lowest BCUT2D eigenvalue weighted by atomic mass is 10.2. The molecule has 2 amide bonds. The van der Waals surface area contributed by atoms with Gasteiger partial charge < -0.3 is 24.2 Å². The number of para-hydroxylation sites is 1. The quantitative estimate of drug-likeness (QED) is 0.668. The third kappa shape index (κ3) is 4.40. The molecule has 1 aromatic heterocycles. The third-order valence-electron chi connectivity index (χ3n) is 4.13. The Labute approximate surface area is 163 Å². The van der Waals surface area contributed by atoms with Gasteiger partial charge in [0.15, 0.2) is 11.5 Å². The average Bonchev–Trinajstić information content (AvgIpc) is 3.20. The molecule has 3 aromatic rings. The number of hydrogen-bond acceptors (Lipinski definition) is 6. The summed E-state index contributed by atoms with van der Waals surface area (Å²) < 4.78 is 15.9. The molecule has 0 radical (unpaired) electrons. The van der Waals surface area contributed by atoms with Gasteiger partial charge in [-0.15, -0.1) is 0 Å². The minimum absolute atomic E-state index is 0.204. The monoisotopic (exact) mass is 382 g/mol. The van der Waals surface area contributed by atoms with Crippen LogP contribution in [-0.2, 0) is 6.54 Å².